The molecular weight excluding hydrogens is 432 g/mol. The molecule has 0 aliphatic carbocycles. The van der Waals surface area contributed by atoms with Crippen LogP contribution in [-0.2, 0) is 19.6 Å². The molecule has 1 heterocycles. The molecule has 1 aromatic carbocycles. The van der Waals surface area contributed by atoms with Crippen molar-refractivity contribution in [3.8, 4) is 0 Å². The Kier molecular flexibility index (Phi) is 7.57. The number of carbonyl (C=O) groups excluding carboxylic acids is 3. The maximum absolute atomic E-state index is 12.6. The van der Waals surface area contributed by atoms with Gasteiger partial charge in [0.15, 0.2) is 11.9 Å². The highest BCUT2D eigenvalue weighted by Gasteiger charge is 2.26. The predicted molar refractivity (Wildman–Crippen MR) is 111 cm³/mol. The number of hydrogen-bond acceptors (Lipinski definition) is 6. The van der Waals surface area contributed by atoms with Gasteiger partial charge in [0, 0.05) is 22.8 Å². The molecule has 0 aliphatic heterocycles. The zero-order chi connectivity index (χ0) is 22.6. The number of aromatic nitrogens is 1. The summed E-state index contributed by atoms with van der Waals surface area (Å²) in [6, 6.07) is 5.71. The average molecular weight is 455 g/mol. The van der Waals surface area contributed by atoms with Crippen LogP contribution in [0.3, 0.4) is 0 Å². The summed E-state index contributed by atoms with van der Waals surface area (Å²) in [4.78, 5) is 39.2. The fourth-order valence-corrected chi connectivity index (χ4v) is 4.37. The van der Waals surface area contributed by atoms with Gasteiger partial charge in [0.2, 0.25) is 15.8 Å². The second-order valence-electron chi connectivity index (χ2n) is 6.78. The number of benzene rings is 1. The number of ether oxygens (including phenoxy) is 1. The van der Waals surface area contributed by atoms with E-state index in [2.05, 4.69) is 9.71 Å². The Bertz CT molecular complexity index is 1090. The van der Waals surface area contributed by atoms with Crippen LogP contribution in [-0.4, -0.2) is 43.6 Å². The van der Waals surface area contributed by atoms with E-state index in [4.69, 9.17) is 16.3 Å². The van der Waals surface area contributed by atoms with Gasteiger partial charge in [-0.2, -0.15) is 0 Å². The maximum atomic E-state index is 12.6. The molecular formula is C20H23ClN2O6S. The molecule has 2 rings (SSSR count). The summed E-state index contributed by atoms with van der Waals surface area (Å²) < 4.78 is 31.8. The van der Waals surface area contributed by atoms with Gasteiger partial charge in [-0.15, -0.1) is 0 Å². The van der Waals surface area contributed by atoms with Crippen molar-refractivity contribution in [3.63, 3.8) is 0 Å². The van der Waals surface area contributed by atoms with Crippen molar-refractivity contribution < 1.29 is 27.5 Å². The summed E-state index contributed by atoms with van der Waals surface area (Å²) in [6.07, 6.45) is -1.36. The third-order valence-electron chi connectivity index (χ3n) is 4.44. The molecule has 1 unspecified atom stereocenters. The number of aromatic amines is 1. The predicted octanol–water partition coefficient (Wildman–Crippen LogP) is 2.97. The van der Waals surface area contributed by atoms with Crippen molar-refractivity contribution in [1.82, 2.24) is 9.71 Å². The number of aryl methyl sites for hydroxylation is 1. The maximum Gasteiger partial charge on any atom is 0.307 e. The van der Waals surface area contributed by atoms with E-state index in [0.29, 0.717) is 16.8 Å². The third-order valence-corrected chi connectivity index (χ3v) is 6.13. The van der Waals surface area contributed by atoms with Gasteiger partial charge < -0.3 is 9.72 Å². The molecule has 30 heavy (non-hydrogen) atoms. The number of rotatable bonds is 9. The Morgan fingerprint density at radius 1 is 1.23 bits per heavy atom. The summed E-state index contributed by atoms with van der Waals surface area (Å²) >= 11 is 5.79. The van der Waals surface area contributed by atoms with Crippen molar-refractivity contribution in [3.05, 3.63) is 51.8 Å². The highest BCUT2D eigenvalue weighted by atomic mass is 35.5. The molecule has 0 saturated carbocycles. The largest absolute Gasteiger partial charge is 0.454 e. The van der Waals surface area contributed by atoms with Crippen molar-refractivity contribution in [2.45, 2.75) is 45.1 Å². The highest BCUT2D eigenvalue weighted by Crippen LogP contribution is 2.20. The molecule has 0 bridgehead atoms. The molecule has 0 saturated heterocycles. The number of hydrogen-bond donors (Lipinski definition) is 2. The second-order valence-corrected chi connectivity index (χ2v) is 8.99. The minimum atomic E-state index is -3.83. The summed E-state index contributed by atoms with van der Waals surface area (Å²) in [5.74, 6) is -1.38. The molecule has 0 radical (unpaired) electrons. The smallest absolute Gasteiger partial charge is 0.307 e. The molecule has 1 aromatic heterocycles. The topological polar surface area (TPSA) is 122 Å². The number of ketones is 2. The summed E-state index contributed by atoms with van der Waals surface area (Å²) in [5.41, 5.74) is 1.71. The van der Waals surface area contributed by atoms with Crippen molar-refractivity contribution >= 4 is 39.2 Å². The molecule has 0 spiro atoms. The lowest BCUT2D eigenvalue weighted by atomic mass is 10.0. The lowest BCUT2D eigenvalue weighted by Crippen LogP contribution is -2.29. The summed E-state index contributed by atoms with van der Waals surface area (Å²) in [7, 11) is -3.83. The molecule has 2 aromatic rings. The van der Waals surface area contributed by atoms with Gasteiger partial charge in [-0.1, -0.05) is 17.7 Å². The van der Waals surface area contributed by atoms with E-state index < -0.39 is 27.9 Å². The van der Waals surface area contributed by atoms with Crippen LogP contribution in [0.25, 0.3) is 0 Å². The first-order valence-electron chi connectivity index (χ1n) is 9.13. The quantitative estimate of drug-likeness (QED) is 0.443. The van der Waals surface area contributed by atoms with Crippen molar-refractivity contribution in [2.75, 3.05) is 6.54 Å². The SMILES string of the molecule is CC(=O)c1c(C)[nH]c(C(=O)C(C)OC(=O)CCNS(=O)(=O)c2cccc(Cl)c2)c1C. The minimum Gasteiger partial charge on any atom is -0.454 e. The van der Waals surface area contributed by atoms with Crippen LogP contribution in [0.1, 0.15) is 52.4 Å². The Labute approximate surface area is 180 Å². The fourth-order valence-electron chi connectivity index (χ4n) is 3.04. The van der Waals surface area contributed by atoms with E-state index in [-0.39, 0.29) is 34.4 Å². The number of H-pyrrole nitrogens is 1. The zero-order valence-electron chi connectivity index (χ0n) is 17.0. The van der Waals surface area contributed by atoms with Crippen LogP contribution < -0.4 is 4.72 Å². The number of esters is 1. The lowest BCUT2D eigenvalue weighted by molar-refractivity contribution is -0.146. The summed E-state index contributed by atoms with van der Waals surface area (Å²) in [5, 5.41) is 0.271. The molecule has 162 valence electrons. The molecule has 0 fully saturated rings. The first kappa shape index (κ1) is 23.8. The van der Waals surface area contributed by atoms with Crippen LogP contribution >= 0.6 is 11.6 Å². The lowest BCUT2D eigenvalue weighted by Gasteiger charge is -2.13. The first-order valence-corrected chi connectivity index (χ1v) is 11.0. The first-order chi connectivity index (χ1) is 13.9. The molecule has 2 N–H and O–H groups in total. The van der Waals surface area contributed by atoms with Crippen molar-refractivity contribution in [1.29, 1.82) is 0 Å². The molecule has 8 nitrogen and oxygen atoms in total. The number of carbonyl (C=O) groups is 3. The number of Topliss-reactive ketones (excluding diaryl/α,β-unsaturated/α-hetero) is 2. The van der Waals surface area contributed by atoms with E-state index in [9.17, 15) is 22.8 Å². The second kappa shape index (κ2) is 9.55. The Hall–Kier alpha value is -2.49. The number of sulfonamides is 1. The Morgan fingerprint density at radius 2 is 1.90 bits per heavy atom. The molecule has 10 heteroatoms. The van der Waals surface area contributed by atoms with Crippen LogP contribution in [0, 0.1) is 13.8 Å². The van der Waals surface area contributed by atoms with E-state index in [1.54, 1.807) is 19.9 Å². The van der Waals surface area contributed by atoms with Gasteiger partial charge in [0.05, 0.1) is 17.0 Å². The van der Waals surface area contributed by atoms with Crippen LogP contribution in [0.2, 0.25) is 5.02 Å². The Morgan fingerprint density at radius 3 is 2.47 bits per heavy atom. The van der Waals surface area contributed by atoms with Gasteiger partial charge in [-0.05, 0) is 51.5 Å². The average Bonchev–Trinajstić information content (AvgIpc) is 2.95. The van der Waals surface area contributed by atoms with Gasteiger partial charge in [0.25, 0.3) is 0 Å². The van der Waals surface area contributed by atoms with E-state index in [1.165, 1.54) is 32.0 Å². The van der Waals surface area contributed by atoms with Crippen LogP contribution in [0.15, 0.2) is 29.2 Å². The molecule has 0 amide bonds. The normalized spacial score (nSPS) is 12.4. The monoisotopic (exact) mass is 454 g/mol. The van der Waals surface area contributed by atoms with Gasteiger partial charge in [-0.25, -0.2) is 13.1 Å². The van der Waals surface area contributed by atoms with Gasteiger partial charge in [-0.3, -0.25) is 14.4 Å². The number of halogens is 1. The van der Waals surface area contributed by atoms with Gasteiger partial charge in [0.1, 0.15) is 0 Å². The highest BCUT2D eigenvalue weighted by molar-refractivity contribution is 7.89. The van der Waals surface area contributed by atoms with E-state index >= 15 is 0 Å². The van der Waals surface area contributed by atoms with E-state index in [1.807, 2.05) is 0 Å². The number of nitrogens with one attached hydrogen (secondary N) is 2. The van der Waals surface area contributed by atoms with Gasteiger partial charge >= 0.3 is 5.97 Å². The van der Waals surface area contributed by atoms with Crippen molar-refractivity contribution in [2.24, 2.45) is 0 Å². The van der Waals surface area contributed by atoms with Crippen LogP contribution in [0.5, 0.6) is 0 Å². The molecule has 1 atom stereocenters. The fraction of sp³-hybridized carbons (Fsp3) is 0.350. The standard InChI is InChI=1S/C20H23ClN2O6S/c1-11-18(13(3)24)12(2)23-19(11)20(26)14(4)29-17(25)8-9-22-30(27,28)16-7-5-6-15(21)10-16/h5-7,10,14,22-23H,8-9H2,1-4H3. The van der Waals surface area contributed by atoms with E-state index in [0.717, 1.165) is 0 Å². The minimum absolute atomic E-state index is 0.0224. The Balaban J connectivity index is 1.94. The van der Waals surface area contributed by atoms with Crippen LogP contribution in [0.4, 0.5) is 0 Å². The third kappa shape index (κ3) is 5.56. The zero-order valence-corrected chi connectivity index (χ0v) is 18.6. The molecule has 0 aliphatic rings. The summed E-state index contributed by atoms with van der Waals surface area (Å²) in [6.45, 7) is 5.95.